The molecule has 0 spiro atoms. The second kappa shape index (κ2) is 7.78. The highest BCUT2D eigenvalue weighted by atomic mass is 35.5. The van der Waals surface area contributed by atoms with E-state index in [-0.39, 0.29) is 24.3 Å². The van der Waals surface area contributed by atoms with Gasteiger partial charge in [-0.25, -0.2) is 8.78 Å². The van der Waals surface area contributed by atoms with Gasteiger partial charge in [-0.15, -0.1) is 0 Å². The minimum Gasteiger partial charge on any atom is -0.370 e. The Morgan fingerprint density at radius 1 is 1.21 bits per heavy atom. The van der Waals surface area contributed by atoms with Crippen LogP contribution in [0.15, 0.2) is 30.5 Å². The van der Waals surface area contributed by atoms with Crippen molar-refractivity contribution < 1.29 is 26.7 Å². The maximum absolute atomic E-state index is 13.5. The molecule has 1 fully saturated rings. The average molecular weight is 434 g/mol. The number of piperidine rings is 1. The molecule has 0 atom stereocenters. The quantitative estimate of drug-likeness (QED) is 0.645. The molecule has 2 heterocycles. The topological polar surface area (TPSA) is 45.2 Å². The van der Waals surface area contributed by atoms with Gasteiger partial charge in [0.1, 0.15) is 0 Å². The number of hydrogen-bond donors (Lipinski definition) is 1. The van der Waals surface area contributed by atoms with Gasteiger partial charge in [0, 0.05) is 43.5 Å². The molecule has 1 aliphatic heterocycles. The van der Waals surface area contributed by atoms with E-state index in [0.717, 1.165) is 12.1 Å². The second-order valence-corrected chi connectivity index (χ2v) is 7.24. The molecule has 29 heavy (non-hydrogen) atoms. The lowest BCUT2D eigenvalue weighted by Gasteiger charge is -2.34. The fourth-order valence-electron chi connectivity index (χ4n) is 3.12. The van der Waals surface area contributed by atoms with Crippen molar-refractivity contribution in [1.82, 2.24) is 4.98 Å². The number of hydrogen-bond acceptors (Lipinski definition) is 3. The van der Waals surface area contributed by atoms with Gasteiger partial charge >= 0.3 is 6.18 Å². The van der Waals surface area contributed by atoms with Crippen molar-refractivity contribution in [1.29, 1.82) is 0 Å². The first-order valence-corrected chi connectivity index (χ1v) is 9.12. The fraction of sp³-hybridized carbons (Fsp3) is 0.368. The molecule has 1 aliphatic rings. The molecule has 1 saturated heterocycles. The highest BCUT2D eigenvalue weighted by Crippen LogP contribution is 2.40. The number of alkyl halides is 5. The van der Waals surface area contributed by atoms with Crippen molar-refractivity contribution in [2.45, 2.75) is 31.9 Å². The molecule has 0 unspecified atom stereocenters. The van der Waals surface area contributed by atoms with E-state index >= 15 is 0 Å². The van der Waals surface area contributed by atoms with Crippen molar-refractivity contribution in [3.8, 4) is 0 Å². The van der Waals surface area contributed by atoms with Crippen molar-refractivity contribution in [2.75, 3.05) is 23.3 Å². The third-order valence-electron chi connectivity index (χ3n) is 4.63. The third kappa shape index (κ3) is 4.95. The van der Waals surface area contributed by atoms with Crippen molar-refractivity contribution in [3.63, 3.8) is 0 Å². The number of anilines is 2. The zero-order chi connectivity index (χ0) is 21.4. The lowest BCUT2D eigenvalue weighted by molar-refractivity contribution is -0.137. The number of halogens is 6. The van der Waals surface area contributed by atoms with Gasteiger partial charge in [-0.1, -0.05) is 11.6 Å². The van der Waals surface area contributed by atoms with Gasteiger partial charge in [0.15, 0.2) is 0 Å². The second-order valence-electron chi connectivity index (χ2n) is 6.83. The number of nitrogens with zero attached hydrogens (tertiary/aromatic N) is 2. The summed E-state index contributed by atoms with van der Waals surface area (Å²) in [6, 6.07) is 4.79. The van der Waals surface area contributed by atoms with Crippen LogP contribution in [0.2, 0.25) is 5.02 Å². The molecule has 1 aromatic heterocycles. The number of nitrogens with one attached hydrogen (secondary N) is 1. The number of carbonyl (C=O) groups excluding carboxylic acids is 1. The lowest BCUT2D eigenvalue weighted by atomic mass is 10.0. The summed E-state index contributed by atoms with van der Waals surface area (Å²) < 4.78 is 66.9. The van der Waals surface area contributed by atoms with Crippen LogP contribution in [0, 0.1) is 6.92 Å². The lowest BCUT2D eigenvalue weighted by Crippen LogP contribution is -2.40. The molecule has 156 valence electrons. The third-order valence-corrected chi connectivity index (χ3v) is 4.94. The molecule has 2 aromatic rings. The monoisotopic (exact) mass is 433 g/mol. The number of aryl methyl sites for hydroxylation is 1. The van der Waals surface area contributed by atoms with Gasteiger partial charge in [-0.05, 0) is 31.2 Å². The molecule has 4 nitrogen and oxygen atoms in total. The Morgan fingerprint density at radius 2 is 1.86 bits per heavy atom. The largest absolute Gasteiger partial charge is 0.417 e. The van der Waals surface area contributed by atoms with E-state index in [1.54, 1.807) is 13.0 Å². The Hall–Kier alpha value is -2.42. The maximum atomic E-state index is 13.5. The van der Waals surface area contributed by atoms with Gasteiger partial charge in [-0.3, -0.25) is 9.78 Å². The molecular weight excluding hydrogens is 417 g/mol. The number of amides is 1. The van der Waals surface area contributed by atoms with Crippen LogP contribution >= 0.6 is 11.6 Å². The summed E-state index contributed by atoms with van der Waals surface area (Å²) in [6.45, 7) is 1.35. The molecule has 10 heteroatoms. The molecule has 3 rings (SSSR count). The number of rotatable bonds is 3. The van der Waals surface area contributed by atoms with Gasteiger partial charge in [0.2, 0.25) is 0 Å². The van der Waals surface area contributed by atoms with Crippen LogP contribution in [0.4, 0.5) is 33.3 Å². The minimum atomic E-state index is -4.75. The highest BCUT2D eigenvalue weighted by Gasteiger charge is 2.38. The zero-order valence-electron chi connectivity index (χ0n) is 15.3. The van der Waals surface area contributed by atoms with E-state index in [2.05, 4.69) is 10.3 Å². The van der Waals surface area contributed by atoms with Gasteiger partial charge in [0.25, 0.3) is 11.8 Å². The smallest absolute Gasteiger partial charge is 0.370 e. The summed E-state index contributed by atoms with van der Waals surface area (Å²) in [4.78, 5) is 18.1. The Labute approximate surface area is 168 Å². The molecule has 0 saturated carbocycles. The average Bonchev–Trinajstić information content (AvgIpc) is 2.60. The summed E-state index contributed by atoms with van der Waals surface area (Å²) in [7, 11) is 0. The molecule has 1 amide bonds. The predicted molar refractivity (Wildman–Crippen MR) is 99.8 cm³/mol. The Morgan fingerprint density at radius 3 is 2.45 bits per heavy atom. The standard InChI is InChI=1S/C19H17ClF5N3O/c1-11-8-12(2-5-26-11)27-17(29)13-9-15(20)14(19(23,24)25)10-16(13)28-6-3-18(21,22)4-7-28/h2,5,8-10H,3-4,6-7H2,1H3,(H,26,27,29). The molecule has 1 N–H and O–H groups in total. The van der Waals surface area contributed by atoms with Gasteiger partial charge in [-0.2, -0.15) is 13.2 Å². The summed E-state index contributed by atoms with van der Waals surface area (Å²) >= 11 is 5.79. The first-order valence-electron chi connectivity index (χ1n) is 8.74. The summed E-state index contributed by atoms with van der Waals surface area (Å²) in [5.74, 6) is -3.58. The Balaban J connectivity index is 2.00. The number of pyridine rings is 1. The van der Waals surface area contributed by atoms with E-state index in [9.17, 15) is 26.7 Å². The summed E-state index contributed by atoms with van der Waals surface area (Å²) in [5, 5.41) is 1.95. The number of carbonyl (C=O) groups is 1. The van der Waals surface area contributed by atoms with E-state index in [0.29, 0.717) is 11.4 Å². The highest BCUT2D eigenvalue weighted by molar-refractivity contribution is 6.32. The normalized spacial score (nSPS) is 16.6. The Kier molecular flexibility index (Phi) is 5.71. The first kappa shape index (κ1) is 21.3. The predicted octanol–water partition coefficient (Wildman–Crippen LogP) is 5.55. The minimum absolute atomic E-state index is 0.0829. The van der Waals surface area contributed by atoms with Crippen LogP contribution in [0.5, 0.6) is 0 Å². The van der Waals surface area contributed by atoms with Crippen LogP contribution in [-0.2, 0) is 6.18 Å². The van der Waals surface area contributed by atoms with Gasteiger partial charge < -0.3 is 10.2 Å². The molecule has 1 aromatic carbocycles. The van der Waals surface area contributed by atoms with E-state index < -0.39 is 41.4 Å². The van der Waals surface area contributed by atoms with Crippen LogP contribution < -0.4 is 10.2 Å². The SMILES string of the molecule is Cc1cc(NC(=O)c2cc(Cl)c(C(F)(F)F)cc2N2CCC(F)(F)CC2)ccn1. The van der Waals surface area contributed by atoms with E-state index in [1.165, 1.54) is 17.2 Å². The summed E-state index contributed by atoms with van der Waals surface area (Å²) in [6.07, 6.45) is -4.30. The van der Waals surface area contributed by atoms with Crippen LogP contribution in [0.25, 0.3) is 0 Å². The van der Waals surface area contributed by atoms with E-state index in [4.69, 9.17) is 11.6 Å². The van der Waals surface area contributed by atoms with Crippen molar-refractivity contribution in [3.05, 3.63) is 52.3 Å². The van der Waals surface area contributed by atoms with Gasteiger partial charge in [0.05, 0.1) is 21.8 Å². The van der Waals surface area contributed by atoms with Crippen LogP contribution in [-0.4, -0.2) is 29.9 Å². The molecule has 0 aliphatic carbocycles. The molecular formula is C19H17ClF5N3O. The van der Waals surface area contributed by atoms with Crippen molar-refractivity contribution in [2.24, 2.45) is 0 Å². The Bertz CT molecular complexity index is 923. The van der Waals surface area contributed by atoms with E-state index in [1.807, 2.05) is 0 Å². The van der Waals surface area contributed by atoms with Crippen LogP contribution in [0.1, 0.15) is 34.5 Å². The zero-order valence-corrected chi connectivity index (χ0v) is 16.0. The van der Waals surface area contributed by atoms with Crippen molar-refractivity contribution >= 4 is 28.9 Å². The maximum Gasteiger partial charge on any atom is 0.417 e. The summed E-state index contributed by atoms with van der Waals surface area (Å²) in [5.41, 5.74) is -0.299. The molecule has 0 radical (unpaired) electrons. The number of benzene rings is 1. The first-order chi connectivity index (χ1) is 13.5. The number of aromatic nitrogens is 1. The van der Waals surface area contributed by atoms with Crippen LogP contribution in [0.3, 0.4) is 0 Å². The fourth-order valence-corrected chi connectivity index (χ4v) is 3.39. The molecule has 0 bridgehead atoms.